The predicted octanol–water partition coefficient (Wildman–Crippen LogP) is 0.976. The van der Waals surface area contributed by atoms with Gasteiger partial charge in [0.2, 0.25) is 11.9 Å². The van der Waals surface area contributed by atoms with Gasteiger partial charge in [0, 0.05) is 20.1 Å². The van der Waals surface area contributed by atoms with Crippen LogP contribution in [0.5, 0.6) is 0 Å². The Labute approximate surface area is 118 Å². The first-order valence-corrected chi connectivity index (χ1v) is 6.67. The Hall–Kier alpha value is -2.25. The van der Waals surface area contributed by atoms with Crippen molar-refractivity contribution in [3.05, 3.63) is 12.7 Å². The van der Waals surface area contributed by atoms with Crippen LogP contribution < -0.4 is 10.2 Å². The zero-order valence-electron chi connectivity index (χ0n) is 12.3. The van der Waals surface area contributed by atoms with Crippen LogP contribution in [0.2, 0.25) is 0 Å². The Morgan fingerprint density at radius 2 is 2.10 bits per heavy atom. The van der Waals surface area contributed by atoms with E-state index in [0.29, 0.717) is 23.8 Å². The summed E-state index contributed by atoms with van der Waals surface area (Å²) >= 11 is 0. The SMILES string of the molecule is CCN(CC(C)C)c1nc(NC)nc(-n2cncn2)n1. The number of nitrogens with one attached hydrogen (secondary N) is 1. The predicted molar refractivity (Wildman–Crippen MR) is 77.0 cm³/mol. The van der Waals surface area contributed by atoms with Gasteiger partial charge in [0.05, 0.1) is 0 Å². The lowest BCUT2D eigenvalue weighted by molar-refractivity contribution is 0.606. The monoisotopic (exact) mass is 276 g/mol. The van der Waals surface area contributed by atoms with E-state index in [9.17, 15) is 0 Å². The summed E-state index contributed by atoms with van der Waals surface area (Å²) in [5.41, 5.74) is 0. The molecule has 0 bridgehead atoms. The third-order valence-corrected chi connectivity index (χ3v) is 2.71. The van der Waals surface area contributed by atoms with Crippen LogP contribution in [0.4, 0.5) is 11.9 Å². The molecule has 2 aromatic heterocycles. The molecule has 2 aromatic rings. The van der Waals surface area contributed by atoms with E-state index in [0.717, 1.165) is 13.1 Å². The van der Waals surface area contributed by atoms with Crippen molar-refractivity contribution in [2.45, 2.75) is 20.8 Å². The summed E-state index contributed by atoms with van der Waals surface area (Å²) < 4.78 is 1.52. The maximum absolute atomic E-state index is 4.47. The van der Waals surface area contributed by atoms with Gasteiger partial charge in [-0.05, 0) is 12.8 Å². The molecule has 0 aliphatic heterocycles. The van der Waals surface area contributed by atoms with Crippen molar-refractivity contribution in [3.8, 4) is 5.95 Å². The fourth-order valence-electron chi connectivity index (χ4n) is 1.81. The van der Waals surface area contributed by atoms with E-state index >= 15 is 0 Å². The summed E-state index contributed by atoms with van der Waals surface area (Å²) in [6.45, 7) is 8.14. The van der Waals surface area contributed by atoms with Gasteiger partial charge in [-0.1, -0.05) is 13.8 Å². The van der Waals surface area contributed by atoms with Crippen molar-refractivity contribution in [2.75, 3.05) is 30.4 Å². The first-order chi connectivity index (χ1) is 9.63. The summed E-state index contributed by atoms with van der Waals surface area (Å²) in [5, 5.41) is 7.01. The molecular weight excluding hydrogens is 256 g/mol. The molecule has 0 spiro atoms. The normalized spacial score (nSPS) is 10.8. The highest BCUT2D eigenvalue weighted by Crippen LogP contribution is 2.14. The second-order valence-electron chi connectivity index (χ2n) is 4.78. The molecular formula is C12H20N8. The molecule has 0 aliphatic carbocycles. The van der Waals surface area contributed by atoms with E-state index in [1.807, 2.05) is 0 Å². The number of rotatable bonds is 6. The molecule has 0 unspecified atom stereocenters. The maximum Gasteiger partial charge on any atom is 0.258 e. The topological polar surface area (TPSA) is 84.7 Å². The minimum absolute atomic E-state index is 0.457. The van der Waals surface area contributed by atoms with Gasteiger partial charge < -0.3 is 10.2 Å². The van der Waals surface area contributed by atoms with Gasteiger partial charge in [0.1, 0.15) is 12.7 Å². The van der Waals surface area contributed by atoms with Crippen LogP contribution in [-0.4, -0.2) is 49.9 Å². The highest BCUT2D eigenvalue weighted by atomic mass is 15.4. The third kappa shape index (κ3) is 3.19. The highest BCUT2D eigenvalue weighted by Gasteiger charge is 2.14. The van der Waals surface area contributed by atoms with Gasteiger partial charge in [0.25, 0.3) is 5.95 Å². The van der Waals surface area contributed by atoms with Crippen LogP contribution >= 0.6 is 0 Å². The van der Waals surface area contributed by atoms with E-state index in [4.69, 9.17) is 0 Å². The summed E-state index contributed by atoms with van der Waals surface area (Å²) in [6.07, 6.45) is 3.02. The van der Waals surface area contributed by atoms with Crippen LogP contribution in [0, 0.1) is 5.92 Å². The lowest BCUT2D eigenvalue weighted by atomic mass is 10.2. The molecule has 0 atom stereocenters. The second kappa shape index (κ2) is 6.27. The first kappa shape index (κ1) is 14.2. The Kier molecular flexibility index (Phi) is 4.44. The molecule has 8 nitrogen and oxygen atoms in total. The van der Waals surface area contributed by atoms with Gasteiger partial charge in [-0.2, -0.15) is 24.7 Å². The number of hydrogen-bond donors (Lipinski definition) is 1. The molecule has 0 amide bonds. The zero-order valence-corrected chi connectivity index (χ0v) is 12.3. The fourth-order valence-corrected chi connectivity index (χ4v) is 1.81. The second-order valence-corrected chi connectivity index (χ2v) is 4.78. The minimum Gasteiger partial charge on any atom is -0.357 e. The third-order valence-electron chi connectivity index (χ3n) is 2.71. The van der Waals surface area contributed by atoms with Crippen molar-refractivity contribution in [3.63, 3.8) is 0 Å². The van der Waals surface area contributed by atoms with E-state index in [2.05, 4.69) is 56.0 Å². The molecule has 0 aromatic carbocycles. The van der Waals surface area contributed by atoms with Crippen LogP contribution in [0.1, 0.15) is 20.8 Å². The van der Waals surface area contributed by atoms with Crippen LogP contribution in [0.3, 0.4) is 0 Å². The zero-order chi connectivity index (χ0) is 14.5. The van der Waals surface area contributed by atoms with Crippen LogP contribution in [0.25, 0.3) is 5.95 Å². The largest absolute Gasteiger partial charge is 0.357 e. The Morgan fingerprint density at radius 1 is 1.30 bits per heavy atom. The highest BCUT2D eigenvalue weighted by molar-refractivity contribution is 5.39. The van der Waals surface area contributed by atoms with Gasteiger partial charge in [-0.25, -0.2) is 4.98 Å². The lowest BCUT2D eigenvalue weighted by Crippen LogP contribution is -2.29. The van der Waals surface area contributed by atoms with Gasteiger partial charge in [0.15, 0.2) is 0 Å². The molecule has 0 radical (unpaired) electrons. The van der Waals surface area contributed by atoms with E-state index < -0.39 is 0 Å². The van der Waals surface area contributed by atoms with E-state index in [1.165, 1.54) is 11.0 Å². The van der Waals surface area contributed by atoms with E-state index in [-0.39, 0.29) is 0 Å². The molecule has 108 valence electrons. The average Bonchev–Trinajstić information content (AvgIpc) is 2.98. The lowest BCUT2D eigenvalue weighted by Gasteiger charge is -2.23. The summed E-state index contributed by atoms with van der Waals surface area (Å²) in [5.74, 6) is 2.15. The average molecular weight is 276 g/mol. The molecule has 0 aliphatic rings. The number of anilines is 2. The minimum atomic E-state index is 0.457. The summed E-state index contributed by atoms with van der Waals surface area (Å²) in [4.78, 5) is 19.2. The van der Waals surface area contributed by atoms with Gasteiger partial charge >= 0.3 is 0 Å². The van der Waals surface area contributed by atoms with Crippen molar-refractivity contribution in [1.29, 1.82) is 0 Å². The molecule has 0 saturated carbocycles. The molecule has 1 N–H and O–H groups in total. The quantitative estimate of drug-likeness (QED) is 0.841. The Morgan fingerprint density at radius 3 is 2.65 bits per heavy atom. The molecule has 0 fully saturated rings. The first-order valence-electron chi connectivity index (χ1n) is 6.67. The van der Waals surface area contributed by atoms with Gasteiger partial charge in [-0.3, -0.25) is 0 Å². The molecule has 8 heteroatoms. The van der Waals surface area contributed by atoms with Gasteiger partial charge in [-0.15, -0.1) is 0 Å². The maximum atomic E-state index is 4.47. The summed E-state index contributed by atoms with van der Waals surface area (Å²) in [6, 6.07) is 0. The van der Waals surface area contributed by atoms with Crippen molar-refractivity contribution in [2.24, 2.45) is 5.92 Å². The summed E-state index contributed by atoms with van der Waals surface area (Å²) in [7, 11) is 1.78. The number of hydrogen-bond acceptors (Lipinski definition) is 7. The van der Waals surface area contributed by atoms with Crippen molar-refractivity contribution < 1.29 is 0 Å². The number of aromatic nitrogens is 6. The van der Waals surface area contributed by atoms with Crippen LogP contribution in [0.15, 0.2) is 12.7 Å². The fraction of sp³-hybridized carbons (Fsp3) is 0.583. The smallest absolute Gasteiger partial charge is 0.258 e. The van der Waals surface area contributed by atoms with Crippen molar-refractivity contribution in [1.82, 2.24) is 29.7 Å². The van der Waals surface area contributed by atoms with Crippen molar-refractivity contribution >= 4 is 11.9 Å². The molecule has 2 heterocycles. The number of nitrogens with zero attached hydrogens (tertiary/aromatic N) is 7. The van der Waals surface area contributed by atoms with E-state index in [1.54, 1.807) is 13.4 Å². The standard InChI is InChI=1S/C12H20N8/c1-5-19(6-9(2)3)11-16-10(13-4)17-12(18-11)20-8-14-7-15-20/h7-9H,5-6H2,1-4H3,(H,13,16,17,18). The van der Waals surface area contributed by atoms with Crippen LogP contribution in [-0.2, 0) is 0 Å². The Bertz CT molecular complexity index is 536. The Balaban J connectivity index is 2.39. The molecule has 2 rings (SSSR count). The molecule has 20 heavy (non-hydrogen) atoms. The molecule has 0 saturated heterocycles.